The topological polar surface area (TPSA) is 12.5 Å². The van der Waals surface area contributed by atoms with E-state index in [9.17, 15) is 0 Å². The van der Waals surface area contributed by atoms with Gasteiger partial charge in [-0.15, -0.1) is 0 Å². The quantitative estimate of drug-likeness (QED) is 0.797. The van der Waals surface area contributed by atoms with Gasteiger partial charge in [-0.3, -0.25) is 4.90 Å². The second kappa shape index (κ2) is 4.29. The van der Waals surface area contributed by atoms with Crippen LogP contribution < -0.4 is 4.74 Å². The summed E-state index contributed by atoms with van der Waals surface area (Å²) in [6.45, 7) is 6.58. The highest BCUT2D eigenvalue weighted by Gasteiger charge is 2.20. The summed E-state index contributed by atoms with van der Waals surface area (Å²) in [5.41, 5.74) is 2.82. The maximum absolute atomic E-state index is 5.41. The Balaban J connectivity index is 2.20. The third kappa shape index (κ3) is 1.77. The van der Waals surface area contributed by atoms with Crippen molar-refractivity contribution in [3.05, 3.63) is 41.5 Å². The molecular weight excluding hydrogens is 222 g/mol. The molecule has 2 heteroatoms. The lowest BCUT2D eigenvalue weighted by atomic mass is 9.94. The van der Waals surface area contributed by atoms with Gasteiger partial charge in [-0.25, -0.2) is 0 Å². The lowest BCUT2D eigenvalue weighted by Crippen LogP contribution is -2.32. The number of nitrogens with zero attached hydrogens (tertiary/aromatic N) is 1. The largest absolute Gasteiger partial charge is 0.497 e. The molecule has 2 aromatic rings. The van der Waals surface area contributed by atoms with Crippen LogP contribution >= 0.6 is 0 Å². The van der Waals surface area contributed by atoms with Gasteiger partial charge in [-0.05, 0) is 47.9 Å². The van der Waals surface area contributed by atoms with Crippen molar-refractivity contribution in [3.63, 3.8) is 0 Å². The molecule has 0 saturated heterocycles. The van der Waals surface area contributed by atoms with Gasteiger partial charge in [0.1, 0.15) is 5.75 Å². The molecule has 0 unspecified atom stereocenters. The van der Waals surface area contributed by atoms with E-state index in [2.05, 4.69) is 49.1 Å². The molecule has 94 valence electrons. The SMILES string of the molecule is COc1cc2c3c(cccc3c1)CN(C(C)C)C2. The van der Waals surface area contributed by atoms with Crippen molar-refractivity contribution in [1.29, 1.82) is 0 Å². The van der Waals surface area contributed by atoms with Crippen molar-refractivity contribution < 1.29 is 4.74 Å². The minimum atomic E-state index is 0.569. The normalized spacial score (nSPS) is 15.3. The Kier molecular flexibility index (Phi) is 2.75. The van der Waals surface area contributed by atoms with Crippen LogP contribution in [0.4, 0.5) is 0 Å². The average molecular weight is 241 g/mol. The third-order valence-electron chi connectivity index (χ3n) is 3.83. The molecule has 0 aliphatic carbocycles. The van der Waals surface area contributed by atoms with Crippen LogP contribution in [0.1, 0.15) is 25.0 Å². The summed E-state index contributed by atoms with van der Waals surface area (Å²) < 4.78 is 5.41. The molecule has 2 nitrogen and oxygen atoms in total. The summed E-state index contributed by atoms with van der Waals surface area (Å²) in [5.74, 6) is 0.959. The van der Waals surface area contributed by atoms with Crippen LogP contribution in [0, 0.1) is 0 Å². The number of methoxy groups -OCH3 is 1. The minimum absolute atomic E-state index is 0.569. The van der Waals surface area contributed by atoms with Crippen molar-refractivity contribution in [2.45, 2.75) is 33.0 Å². The van der Waals surface area contributed by atoms with E-state index in [4.69, 9.17) is 4.74 Å². The average Bonchev–Trinajstić information content (AvgIpc) is 2.38. The zero-order chi connectivity index (χ0) is 12.7. The van der Waals surface area contributed by atoms with Gasteiger partial charge < -0.3 is 4.74 Å². The number of benzene rings is 2. The fourth-order valence-electron chi connectivity index (χ4n) is 2.80. The van der Waals surface area contributed by atoms with Gasteiger partial charge in [0.05, 0.1) is 7.11 Å². The first-order valence-electron chi connectivity index (χ1n) is 6.51. The molecule has 0 bridgehead atoms. The van der Waals surface area contributed by atoms with Gasteiger partial charge in [0.2, 0.25) is 0 Å². The van der Waals surface area contributed by atoms with E-state index in [0.29, 0.717) is 6.04 Å². The first-order chi connectivity index (χ1) is 8.69. The Labute approximate surface area is 108 Å². The molecule has 0 N–H and O–H groups in total. The van der Waals surface area contributed by atoms with Crippen molar-refractivity contribution >= 4 is 10.8 Å². The van der Waals surface area contributed by atoms with Gasteiger partial charge in [-0.2, -0.15) is 0 Å². The lowest BCUT2D eigenvalue weighted by Gasteiger charge is -2.32. The standard InChI is InChI=1S/C16H19NO/c1-11(2)17-9-13-6-4-5-12-7-15(18-3)8-14(10-17)16(12)13/h4-8,11H,9-10H2,1-3H3. The summed E-state index contributed by atoms with van der Waals surface area (Å²) >= 11 is 0. The zero-order valence-electron chi connectivity index (χ0n) is 11.2. The van der Waals surface area contributed by atoms with E-state index >= 15 is 0 Å². The van der Waals surface area contributed by atoms with Crippen molar-refractivity contribution in [2.75, 3.05) is 7.11 Å². The molecule has 18 heavy (non-hydrogen) atoms. The predicted octanol–water partition coefficient (Wildman–Crippen LogP) is 3.57. The first kappa shape index (κ1) is 11.5. The van der Waals surface area contributed by atoms with Crippen LogP contribution in [0.2, 0.25) is 0 Å². The molecule has 2 aromatic carbocycles. The molecule has 0 aromatic heterocycles. The molecule has 0 amide bonds. The second-order valence-electron chi connectivity index (χ2n) is 5.30. The maximum atomic E-state index is 5.41. The highest BCUT2D eigenvalue weighted by Crippen LogP contribution is 2.33. The molecule has 0 spiro atoms. The fourth-order valence-corrected chi connectivity index (χ4v) is 2.80. The van der Waals surface area contributed by atoms with Crippen LogP contribution in [0.15, 0.2) is 30.3 Å². The van der Waals surface area contributed by atoms with Crippen LogP contribution in [0.5, 0.6) is 5.75 Å². The summed E-state index contributed by atoms with van der Waals surface area (Å²) in [6.07, 6.45) is 0. The Morgan fingerprint density at radius 3 is 2.61 bits per heavy atom. The molecule has 0 fully saturated rings. The van der Waals surface area contributed by atoms with E-state index < -0.39 is 0 Å². The molecule has 0 atom stereocenters. The Morgan fingerprint density at radius 2 is 1.89 bits per heavy atom. The zero-order valence-corrected chi connectivity index (χ0v) is 11.2. The van der Waals surface area contributed by atoms with Gasteiger partial charge >= 0.3 is 0 Å². The van der Waals surface area contributed by atoms with E-state index in [1.54, 1.807) is 7.11 Å². The summed E-state index contributed by atoms with van der Waals surface area (Å²) in [4.78, 5) is 2.50. The summed E-state index contributed by atoms with van der Waals surface area (Å²) in [6, 6.07) is 11.4. The fraction of sp³-hybridized carbons (Fsp3) is 0.375. The molecule has 0 saturated carbocycles. The molecule has 3 rings (SSSR count). The first-order valence-corrected chi connectivity index (χ1v) is 6.51. The van der Waals surface area contributed by atoms with E-state index in [-0.39, 0.29) is 0 Å². The van der Waals surface area contributed by atoms with E-state index in [1.165, 1.54) is 21.9 Å². The molecule has 1 aliphatic rings. The third-order valence-corrected chi connectivity index (χ3v) is 3.83. The lowest BCUT2D eigenvalue weighted by molar-refractivity contribution is 0.200. The summed E-state index contributed by atoms with van der Waals surface area (Å²) in [7, 11) is 1.74. The van der Waals surface area contributed by atoms with Crippen LogP contribution in [0.3, 0.4) is 0 Å². The molecule has 1 aliphatic heterocycles. The van der Waals surface area contributed by atoms with Crippen molar-refractivity contribution in [3.8, 4) is 5.75 Å². The predicted molar refractivity (Wildman–Crippen MR) is 74.9 cm³/mol. The van der Waals surface area contributed by atoms with Crippen molar-refractivity contribution in [1.82, 2.24) is 4.90 Å². The van der Waals surface area contributed by atoms with Gasteiger partial charge in [0, 0.05) is 19.1 Å². The Morgan fingerprint density at radius 1 is 1.11 bits per heavy atom. The number of rotatable bonds is 2. The van der Waals surface area contributed by atoms with Gasteiger partial charge in [0.15, 0.2) is 0 Å². The van der Waals surface area contributed by atoms with E-state index in [1.807, 2.05) is 0 Å². The number of hydrogen-bond donors (Lipinski definition) is 0. The number of ether oxygens (including phenoxy) is 1. The Hall–Kier alpha value is -1.54. The minimum Gasteiger partial charge on any atom is -0.497 e. The van der Waals surface area contributed by atoms with E-state index in [0.717, 1.165) is 18.8 Å². The number of hydrogen-bond acceptors (Lipinski definition) is 2. The maximum Gasteiger partial charge on any atom is 0.119 e. The Bertz CT molecular complexity index is 589. The van der Waals surface area contributed by atoms with Gasteiger partial charge in [0.25, 0.3) is 0 Å². The molecule has 1 heterocycles. The monoisotopic (exact) mass is 241 g/mol. The van der Waals surface area contributed by atoms with Crippen LogP contribution in [-0.4, -0.2) is 18.1 Å². The molecule has 0 radical (unpaired) electrons. The summed E-state index contributed by atoms with van der Waals surface area (Å²) in [5, 5.41) is 2.72. The molecular formula is C16H19NO. The van der Waals surface area contributed by atoms with Crippen LogP contribution in [-0.2, 0) is 13.1 Å². The highest BCUT2D eigenvalue weighted by atomic mass is 16.5. The van der Waals surface area contributed by atoms with Crippen LogP contribution in [0.25, 0.3) is 10.8 Å². The second-order valence-corrected chi connectivity index (χ2v) is 5.30. The highest BCUT2D eigenvalue weighted by molar-refractivity contribution is 5.90. The van der Waals surface area contributed by atoms with Gasteiger partial charge in [-0.1, -0.05) is 18.2 Å². The van der Waals surface area contributed by atoms with Crippen molar-refractivity contribution in [2.24, 2.45) is 0 Å². The smallest absolute Gasteiger partial charge is 0.119 e.